The van der Waals surface area contributed by atoms with E-state index in [9.17, 15) is 4.79 Å². The van der Waals surface area contributed by atoms with Crippen LogP contribution in [0.3, 0.4) is 0 Å². The zero-order chi connectivity index (χ0) is 20.5. The molecule has 146 valence electrons. The molecule has 0 radical (unpaired) electrons. The number of nitrogens with zero attached hydrogens (tertiary/aromatic N) is 1. The zero-order valence-corrected chi connectivity index (χ0v) is 17.0. The molecule has 4 nitrogen and oxygen atoms in total. The van der Waals surface area contributed by atoms with Crippen molar-refractivity contribution in [3.63, 3.8) is 0 Å². The number of halogens is 2. The van der Waals surface area contributed by atoms with Crippen molar-refractivity contribution in [1.82, 2.24) is 5.43 Å². The molecule has 3 aromatic rings. The average molecular weight is 424 g/mol. The molecule has 0 saturated carbocycles. The molecular weight excluding hydrogens is 405 g/mol. The Morgan fingerprint density at radius 2 is 1.59 bits per heavy atom. The number of benzene rings is 3. The molecule has 0 unspecified atom stereocenters. The number of nitrogens with one attached hydrogen (secondary N) is 2. The monoisotopic (exact) mass is 423 g/mol. The lowest BCUT2D eigenvalue weighted by molar-refractivity contribution is -0.120. The summed E-state index contributed by atoms with van der Waals surface area (Å²) in [6.45, 7) is 0. The first-order valence-electron chi connectivity index (χ1n) is 8.96. The molecular formula is C23H19Cl2N3O. The third kappa shape index (κ3) is 6.21. The first-order chi connectivity index (χ1) is 14.1. The van der Waals surface area contributed by atoms with Crippen LogP contribution >= 0.6 is 23.2 Å². The van der Waals surface area contributed by atoms with Gasteiger partial charge in [-0.15, -0.1) is 0 Å². The van der Waals surface area contributed by atoms with Gasteiger partial charge in [-0.2, -0.15) is 5.10 Å². The second kappa shape index (κ2) is 10.5. The number of rotatable bonds is 7. The minimum atomic E-state index is -0.228. The van der Waals surface area contributed by atoms with Gasteiger partial charge >= 0.3 is 0 Å². The van der Waals surface area contributed by atoms with Gasteiger partial charge in [0.25, 0.3) is 0 Å². The number of amides is 1. The van der Waals surface area contributed by atoms with Gasteiger partial charge in [-0.25, -0.2) is 5.43 Å². The molecule has 29 heavy (non-hydrogen) atoms. The number of carbonyl (C=O) groups excluding carboxylic acids is 1. The maximum Gasteiger partial charge on any atom is 0.244 e. The van der Waals surface area contributed by atoms with Crippen LogP contribution in [0.1, 0.15) is 11.1 Å². The average Bonchev–Trinajstić information content (AvgIpc) is 2.72. The smallest absolute Gasteiger partial charge is 0.244 e. The molecule has 0 spiro atoms. The van der Waals surface area contributed by atoms with Crippen LogP contribution in [0.4, 0.5) is 11.4 Å². The Morgan fingerprint density at radius 1 is 0.897 bits per heavy atom. The summed E-state index contributed by atoms with van der Waals surface area (Å²) in [6.07, 6.45) is 5.37. The van der Waals surface area contributed by atoms with E-state index >= 15 is 0 Å². The van der Waals surface area contributed by atoms with E-state index < -0.39 is 0 Å². The highest BCUT2D eigenvalue weighted by molar-refractivity contribution is 6.39. The van der Waals surface area contributed by atoms with Crippen molar-refractivity contribution in [2.45, 2.75) is 6.42 Å². The fraction of sp³-hybridized carbons (Fsp3) is 0.0435. The minimum Gasteiger partial charge on any atom is -0.353 e. The van der Waals surface area contributed by atoms with E-state index in [1.165, 1.54) is 0 Å². The van der Waals surface area contributed by atoms with Crippen LogP contribution in [0.15, 0.2) is 84.0 Å². The Balaban J connectivity index is 1.61. The minimum absolute atomic E-state index is 0.158. The summed E-state index contributed by atoms with van der Waals surface area (Å²) in [7, 11) is 0. The molecule has 0 aliphatic heterocycles. The lowest BCUT2D eigenvalue weighted by Crippen LogP contribution is -2.20. The number of hydrazone groups is 1. The van der Waals surface area contributed by atoms with Gasteiger partial charge in [-0.05, 0) is 35.4 Å². The number of hydrogen-bond acceptors (Lipinski definition) is 3. The van der Waals surface area contributed by atoms with Gasteiger partial charge in [0.2, 0.25) is 5.91 Å². The summed E-state index contributed by atoms with van der Waals surface area (Å²) < 4.78 is 0. The molecule has 2 N–H and O–H groups in total. The van der Waals surface area contributed by atoms with Crippen molar-refractivity contribution in [2.75, 3.05) is 5.32 Å². The maximum absolute atomic E-state index is 12.3. The second-order valence-corrected chi connectivity index (χ2v) is 6.95. The third-order valence-corrected chi connectivity index (χ3v) is 4.66. The van der Waals surface area contributed by atoms with E-state index in [2.05, 4.69) is 15.8 Å². The highest BCUT2D eigenvalue weighted by Crippen LogP contribution is 2.33. The number of allylic oxidation sites excluding steroid dienone is 1. The van der Waals surface area contributed by atoms with Crippen LogP contribution in [0.5, 0.6) is 0 Å². The summed E-state index contributed by atoms with van der Waals surface area (Å²) in [5.74, 6) is -0.228. The van der Waals surface area contributed by atoms with E-state index in [0.717, 1.165) is 16.8 Å². The molecule has 0 saturated heterocycles. The van der Waals surface area contributed by atoms with Gasteiger partial charge in [-0.1, -0.05) is 83.9 Å². The van der Waals surface area contributed by atoms with Crippen LogP contribution in [-0.4, -0.2) is 12.1 Å². The lowest BCUT2D eigenvalue weighted by atomic mass is 10.1. The van der Waals surface area contributed by atoms with E-state index in [4.69, 9.17) is 23.2 Å². The quantitative estimate of drug-likeness (QED) is 0.356. The predicted molar refractivity (Wildman–Crippen MR) is 122 cm³/mol. The topological polar surface area (TPSA) is 53.5 Å². The van der Waals surface area contributed by atoms with E-state index in [-0.39, 0.29) is 12.3 Å². The largest absolute Gasteiger partial charge is 0.353 e. The number of hydrogen-bond donors (Lipinski definition) is 2. The summed E-state index contributed by atoms with van der Waals surface area (Å²) in [4.78, 5) is 12.3. The van der Waals surface area contributed by atoms with Crippen LogP contribution < -0.4 is 10.7 Å². The van der Waals surface area contributed by atoms with Crippen molar-refractivity contribution in [2.24, 2.45) is 5.10 Å². The van der Waals surface area contributed by atoms with Crippen LogP contribution in [0.25, 0.3) is 6.08 Å². The van der Waals surface area contributed by atoms with Crippen LogP contribution in [-0.2, 0) is 11.2 Å². The fourth-order valence-corrected chi connectivity index (χ4v) is 3.12. The molecule has 0 bridgehead atoms. The van der Waals surface area contributed by atoms with Gasteiger partial charge in [0.15, 0.2) is 0 Å². The molecule has 3 rings (SSSR count). The lowest BCUT2D eigenvalue weighted by Gasteiger charge is -2.14. The molecule has 6 heteroatoms. The molecule has 0 heterocycles. The second-order valence-electron chi connectivity index (χ2n) is 6.14. The first kappa shape index (κ1) is 20.6. The summed E-state index contributed by atoms with van der Waals surface area (Å²) in [6, 6.07) is 22.6. The number of anilines is 2. The predicted octanol–water partition coefficient (Wildman–Crippen LogP) is 6.09. The van der Waals surface area contributed by atoms with E-state index in [0.29, 0.717) is 15.7 Å². The fourth-order valence-electron chi connectivity index (χ4n) is 2.63. The Hall–Kier alpha value is -3.08. The Labute approximate surface area is 179 Å². The maximum atomic E-state index is 12.3. The van der Waals surface area contributed by atoms with Gasteiger partial charge < -0.3 is 5.32 Å². The highest BCUT2D eigenvalue weighted by atomic mass is 35.5. The van der Waals surface area contributed by atoms with Gasteiger partial charge in [0, 0.05) is 11.9 Å². The van der Waals surface area contributed by atoms with E-state index in [1.807, 2.05) is 60.7 Å². The summed E-state index contributed by atoms with van der Waals surface area (Å²) in [5, 5.41) is 8.18. The van der Waals surface area contributed by atoms with Crippen molar-refractivity contribution in [3.05, 3.63) is 100 Å². The molecule has 0 aliphatic rings. The number of para-hydroxylation sites is 2. The number of carbonyl (C=O) groups is 1. The van der Waals surface area contributed by atoms with Crippen LogP contribution in [0.2, 0.25) is 10.0 Å². The molecule has 0 fully saturated rings. The zero-order valence-electron chi connectivity index (χ0n) is 15.5. The SMILES string of the molecule is O=C(Cc1ccccc1Nc1c(Cl)cccc1Cl)N/N=C/C=C/c1ccccc1. The van der Waals surface area contributed by atoms with Crippen molar-refractivity contribution in [3.8, 4) is 0 Å². The first-order valence-corrected chi connectivity index (χ1v) is 9.71. The van der Waals surface area contributed by atoms with Crippen molar-refractivity contribution >= 4 is 52.8 Å². The standard InChI is InChI=1S/C23H19Cl2N3O/c24-19-12-6-13-20(25)23(19)27-21-14-5-4-11-18(21)16-22(29)28-26-15-7-10-17-8-2-1-3-9-17/h1-15,27H,16H2,(H,28,29)/b10-7+,26-15+. The summed E-state index contributed by atoms with van der Waals surface area (Å²) >= 11 is 12.5. The van der Waals surface area contributed by atoms with E-state index in [1.54, 1.807) is 30.5 Å². The normalized spacial score (nSPS) is 11.1. The summed E-state index contributed by atoms with van der Waals surface area (Å²) in [5.41, 5.74) is 5.75. The van der Waals surface area contributed by atoms with Crippen LogP contribution in [0, 0.1) is 0 Å². The molecule has 1 amide bonds. The van der Waals surface area contributed by atoms with Gasteiger partial charge in [0.05, 0.1) is 22.2 Å². The van der Waals surface area contributed by atoms with Gasteiger partial charge in [-0.3, -0.25) is 4.79 Å². The Kier molecular flexibility index (Phi) is 7.45. The Morgan fingerprint density at radius 3 is 2.34 bits per heavy atom. The van der Waals surface area contributed by atoms with Gasteiger partial charge in [0.1, 0.15) is 0 Å². The van der Waals surface area contributed by atoms with Crippen molar-refractivity contribution in [1.29, 1.82) is 0 Å². The molecule has 3 aromatic carbocycles. The highest BCUT2D eigenvalue weighted by Gasteiger charge is 2.10. The Bertz CT molecular complexity index is 1010. The third-order valence-electron chi connectivity index (χ3n) is 4.03. The molecule has 0 atom stereocenters. The molecule has 0 aromatic heterocycles. The molecule has 0 aliphatic carbocycles. The van der Waals surface area contributed by atoms with Crippen molar-refractivity contribution < 1.29 is 4.79 Å².